The molecule has 3 nitrogen and oxygen atoms in total. The molecule has 78 valence electrons. The summed E-state index contributed by atoms with van der Waals surface area (Å²) in [5.74, 6) is 0.593. The Morgan fingerprint density at radius 1 is 1.36 bits per heavy atom. The predicted molar refractivity (Wildman–Crippen MR) is 51.9 cm³/mol. The fourth-order valence-electron chi connectivity index (χ4n) is 1.08. The molecular weight excluding hydrogens is 185 g/mol. The highest BCUT2D eigenvalue weighted by Crippen LogP contribution is 2.16. The molecule has 0 saturated heterocycles. The molecule has 0 saturated carbocycles. The number of aliphatic hydroxyl groups excluding tert-OH is 1. The molecule has 1 aromatic rings. The molecule has 0 aliphatic carbocycles. The molecule has 0 radical (unpaired) electrons. The number of rotatable bonds is 5. The fraction of sp³-hybridized carbons (Fsp3) is 0.400. The van der Waals surface area contributed by atoms with Gasteiger partial charge in [0.15, 0.2) is 0 Å². The molecule has 0 heterocycles. The van der Waals surface area contributed by atoms with Crippen LogP contribution in [0.1, 0.15) is 11.7 Å². The van der Waals surface area contributed by atoms with Gasteiger partial charge in [0.1, 0.15) is 19.0 Å². The monoisotopic (exact) mass is 199 g/mol. The summed E-state index contributed by atoms with van der Waals surface area (Å²) in [6.07, 6.45) is -0.648. The minimum Gasteiger partial charge on any atom is -0.491 e. The topological polar surface area (TPSA) is 55.5 Å². The molecule has 1 aromatic carbocycles. The third kappa shape index (κ3) is 2.97. The fourth-order valence-corrected chi connectivity index (χ4v) is 1.08. The first-order valence-electron chi connectivity index (χ1n) is 4.44. The van der Waals surface area contributed by atoms with E-state index in [2.05, 4.69) is 0 Å². The third-order valence-corrected chi connectivity index (χ3v) is 1.83. The van der Waals surface area contributed by atoms with Crippen LogP contribution in [-0.2, 0) is 0 Å². The van der Waals surface area contributed by atoms with Gasteiger partial charge in [0.2, 0.25) is 0 Å². The van der Waals surface area contributed by atoms with Crippen LogP contribution in [0.2, 0.25) is 0 Å². The number of ether oxygens (including phenoxy) is 1. The lowest BCUT2D eigenvalue weighted by molar-refractivity contribution is 0.186. The predicted octanol–water partition coefficient (Wildman–Crippen LogP) is 1.03. The summed E-state index contributed by atoms with van der Waals surface area (Å²) in [6, 6.07) is 6.80. The van der Waals surface area contributed by atoms with Crippen molar-refractivity contribution in [1.29, 1.82) is 0 Å². The molecule has 0 bridgehead atoms. The van der Waals surface area contributed by atoms with Gasteiger partial charge >= 0.3 is 0 Å². The maximum atomic E-state index is 11.8. The van der Waals surface area contributed by atoms with E-state index >= 15 is 0 Å². The first kappa shape index (κ1) is 10.9. The molecular formula is C10H14FNO2. The number of aliphatic hydroxyl groups is 1. The number of hydrogen-bond acceptors (Lipinski definition) is 3. The van der Waals surface area contributed by atoms with Crippen LogP contribution in [0.4, 0.5) is 4.39 Å². The van der Waals surface area contributed by atoms with Gasteiger partial charge in [-0.2, -0.15) is 0 Å². The average Bonchev–Trinajstić information content (AvgIpc) is 2.26. The van der Waals surface area contributed by atoms with E-state index in [1.54, 1.807) is 24.3 Å². The zero-order chi connectivity index (χ0) is 10.4. The number of halogens is 1. The molecule has 3 N–H and O–H groups in total. The number of alkyl halides is 1. The Labute approximate surface area is 82.3 Å². The molecule has 0 aromatic heterocycles. The van der Waals surface area contributed by atoms with E-state index in [-0.39, 0.29) is 13.2 Å². The van der Waals surface area contributed by atoms with Crippen LogP contribution in [0.5, 0.6) is 5.75 Å². The van der Waals surface area contributed by atoms with E-state index in [1.807, 2.05) is 0 Å². The van der Waals surface area contributed by atoms with Crippen molar-refractivity contribution < 1.29 is 14.2 Å². The Morgan fingerprint density at radius 3 is 2.50 bits per heavy atom. The van der Waals surface area contributed by atoms with Gasteiger partial charge in [0.25, 0.3) is 0 Å². The Balaban J connectivity index is 2.59. The molecule has 1 rings (SSSR count). The zero-order valence-electron chi connectivity index (χ0n) is 7.82. The SMILES string of the molecule is NCC(O)c1ccc(OCCF)cc1. The van der Waals surface area contributed by atoms with Gasteiger partial charge in [-0.1, -0.05) is 12.1 Å². The second kappa shape index (κ2) is 5.57. The van der Waals surface area contributed by atoms with Crippen molar-refractivity contribution in [3.8, 4) is 5.75 Å². The normalized spacial score (nSPS) is 12.5. The summed E-state index contributed by atoms with van der Waals surface area (Å²) in [5, 5.41) is 9.37. The molecule has 14 heavy (non-hydrogen) atoms. The zero-order valence-corrected chi connectivity index (χ0v) is 7.82. The molecule has 0 spiro atoms. The molecule has 1 unspecified atom stereocenters. The molecule has 0 aliphatic rings. The lowest BCUT2D eigenvalue weighted by atomic mass is 10.1. The van der Waals surface area contributed by atoms with Crippen molar-refractivity contribution in [2.75, 3.05) is 19.8 Å². The van der Waals surface area contributed by atoms with Crippen molar-refractivity contribution in [3.05, 3.63) is 29.8 Å². The molecule has 0 aliphatic heterocycles. The average molecular weight is 199 g/mol. The summed E-state index contributed by atoms with van der Waals surface area (Å²) in [7, 11) is 0. The van der Waals surface area contributed by atoms with E-state index in [4.69, 9.17) is 10.5 Å². The standard InChI is InChI=1S/C10H14FNO2/c11-5-6-14-9-3-1-8(2-4-9)10(13)7-12/h1-4,10,13H,5-7,12H2. The van der Waals surface area contributed by atoms with Crippen LogP contribution in [0.15, 0.2) is 24.3 Å². The van der Waals surface area contributed by atoms with Crippen molar-refractivity contribution in [2.45, 2.75) is 6.10 Å². The van der Waals surface area contributed by atoms with Crippen molar-refractivity contribution in [3.63, 3.8) is 0 Å². The van der Waals surface area contributed by atoms with Crippen molar-refractivity contribution in [2.24, 2.45) is 5.73 Å². The summed E-state index contributed by atoms with van der Waals surface area (Å²) in [5.41, 5.74) is 6.03. The summed E-state index contributed by atoms with van der Waals surface area (Å²) < 4.78 is 16.8. The highest BCUT2D eigenvalue weighted by Gasteiger charge is 2.04. The van der Waals surface area contributed by atoms with E-state index in [1.165, 1.54) is 0 Å². The summed E-state index contributed by atoms with van der Waals surface area (Å²) in [4.78, 5) is 0. The minimum atomic E-state index is -0.648. The highest BCUT2D eigenvalue weighted by atomic mass is 19.1. The molecule has 0 fully saturated rings. The maximum Gasteiger partial charge on any atom is 0.123 e. The quantitative estimate of drug-likeness (QED) is 0.744. The van der Waals surface area contributed by atoms with Crippen LogP contribution < -0.4 is 10.5 Å². The van der Waals surface area contributed by atoms with Gasteiger partial charge in [-0.25, -0.2) is 4.39 Å². The van der Waals surface area contributed by atoms with Gasteiger partial charge < -0.3 is 15.6 Å². The third-order valence-electron chi connectivity index (χ3n) is 1.83. The maximum absolute atomic E-state index is 11.8. The van der Waals surface area contributed by atoms with E-state index in [9.17, 15) is 9.50 Å². The first-order chi connectivity index (χ1) is 6.77. The van der Waals surface area contributed by atoms with Crippen LogP contribution >= 0.6 is 0 Å². The van der Waals surface area contributed by atoms with Gasteiger partial charge in [-0.05, 0) is 17.7 Å². The smallest absolute Gasteiger partial charge is 0.123 e. The van der Waals surface area contributed by atoms with E-state index in [0.29, 0.717) is 5.75 Å². The number of hydrogen-bond donors (Lipinski definition) is 2. The molecule has 1 atom stereocenters. The van der Waals surface area contributed by atoms with Gasteiger partial charge in [0.05, 0.1) is 6.10 Å². The number of nitrogens with two attached hydrogens (primary N) is 1. The van der Waals surface area contributed by atoms with Crippen molar-refractivity contribution in [1.82, 2.24) is 0 Å². The Morgan fingerprint density at radius 2 is 2.00 bits per heavy atom. The van der Waals surface area contributed by atoms with Crippen molar-refractivity contribution >= 4 is 0 Å². The molecule has 4 heteroatoms. The highest BCUT2D eigenvalue weighted by molar-refractivity contribution is 5.28. The van der Waals surface area contributed by atoms with Crippen LogP contribution in [0, 0.1) is 0 Å². The number of benzene rings is 1. The lowest BCUT2D eigenvalue weighted by Crippen LogP contribution is -2.11. The van der Waals surface area contributed by atoms with Gasteiger partial charge in [-0.3, -0.25) is 0 Å². The van der Waals surface area contributed by atoms with Crippen LogP contribution in [-0.4, -0.2) is 24.9 Å². The van der Waals surface area contributed by atoms with Gasteiger partial charge in [-0.15, -0.1) is 0 Å². The molecule has 0 amide bonds. The van der Waals surface area contributed by atoms with Gasteiger partial charge in [0, 0.05) is 6.54 Å². The first-order valence-corrected chi connectivity index (χ1v) is 4.44. The second-order valence-electron chi connectivity index (χ2n) is 2.86. The lowest BCUT2D eigenvalue weighted by Gasteiger charge is -2.09. The second-order valence-corrected chi connectivity index (χ2v) is 2.86. The summed E-state index contributed by atoms with van der Waals surface area (Å²) >= 11 is 0. The largest absolute Gasteiger partial charge is 0.491 e. The minimum absolute atomic E-state index is 0.0544. The Bertz CT molecular complexity index is 263. The Hall–Kier alpha value is -1.13. The van der Waals surface area contributed by atoms with E-state index < -0.39 is 12.8 Å². The van der Waals surface area contributed by atoms with Crippen LogP contribution in [0.3, 0.4) is 0 Å². The summed E-state index contributed by atoms with van der Waals surface area (Å²) in [6.45, 7) is -0.267. The van der Waals surface area contributed by atoms with E-state index in [0.717, 1.165) is 5.56 Å². The Kier molecular flexibility index (Phi) is 4.35. The van der Waals surface area contributed by atoms with Crippen LogP contribution in [0.25, 0.3) is 0 Å².